The van der Waals surface area contributed by atoms with Crippen LogP contribution in [0.5, 0.6) is 0 Å². The minimum atomic E-state index is -0.179. The Labute approximate surface area is 147 Å². The molecule has 2 rings (SSSR count). The molecule has 0 radical (unpaired) electrons. The fourth-order valence-corrected chi connectivity index (χ4v) is 3.23. The Balaban J connectivity index is 1.91. The zero-order valence-corrected chi connectivity index (χ0v) is 15.5. The minimum Gasteiger partial charge on any atom is -0.272 e. The first-order valence-electron chi connectivity index (χ1n) is 7.70. The van der Waals surface area contributed by atoms with E-state index in [1.54, 1.807) is 6.21 Å². The molecule has 1 amide bonds. The van der Waals surface area contributed by atoms with Gasteiger partial charge < -0.3 is 0 Å². The second-order valence-electron chi connectivity index (χ2n) is 5.83. The average Bonchev–Trinajstić information content (AvgIpc) is 2.47. The zero-order valence-electron chi connectivity index (χ0n) is 14.7. The number of carbonyl (C=O) groups is 1. The maximum absolute atomic E-state index is 11.9. The third-order valence-corrected chi connectivity index (χ3v) is 4.26. The molecule has 0 aliphatic heterocycles. The van der Waals surface area contributed by atoms with Crippen LogP contribution in [0.3, 0.4) is 0 Å². The molecule has 0 bridgehead atoms. The monoisotopic (exact) mass is 342 g/mol. The van der Waals surface area contributed by atoms with Crippen LogP contribution in [0.4, 0.5) is 0 Å². The number of amides is 1. The Morgan fingerprint density at radius 2 is 1.67 bits per heavy atom. The maximum atomic E-state index is 11.9. The summed E-state index contributed by atoms with van der Waals surface area (Å²) in [6.45, 7) is 9.96. The SMILES string of the molecule is Cc1cc(C)c(/C=N\NC(=O)CSc2nc(C)cc(C)n2)c(C)c1. The molecule has 126 valence electrons. The van der Waals surface area contributed by atoms with Crippen molar-refractivity contribution in [3.8, 4) is 0 Å². The molecule has 1 aromatic heterocycles. The Morgan fingerprint density at radius 3 is 2.25 bits per heavy atom. The molecule has 0 aliphatic carbocycles. The van der Waals surface area contributed by atoms with Gasteiger partial charge in [-0.1, -0.05) is 29.5 Å². The fourth-order valence-electron chi connectivity index (χ4n) is 2.48. The quantitative estimate of drug-likeness (QED) is 0.392. The minimum absolute atomic E-state index is 0.179. The predicted molar refractivity (Wildman–Crippen MR) is 98.6 cm³/mol. The Hall–Kier alpha value is -2.21. The number of hydrogen-bond acceptors (Lipinski definition) is 5. The number of hydrazone groups is 1. The van der Waals surface area contributed by atoms with Crippen LogP contribution in [0.25, 0.3) is 0 Å². The second kappa shape index (κ2) is 8.06. The summed E-state index contributed by atoms with van der Waals surface area (Å²) in [5, 5.41) is 4.67. The highest BCUT2D eigenvalue weighted by Crippen LogP contribution is 2.15. The van der Waals surface area contributed by atoms with Crippen molar-refractivity contribution in [2.75, 3.05) is 5.75 Å². The van der Waals surface area contributed by atoms with Crippen LogP contribution in [-0.4, -0.2) is 27.8 Å². The number of hydrogen-bond donors (Lipinski definition) is 1. The predicted octanol–water partition coefficient (Wildman–Crippen LogP) is 3.26. The molecule has 0 spiro atoms. The summed E-state index contributed by atoms with van der Waals surface area (Å²) in [4.78, 5) is 20.5. The number of aromatic nitrogens is 2. The van der Waals surface area contributed by atoms with Crippen LogP contribution in [0.2, 0.25) is 0 Å². The van der Waals surface area contributed by atoms with Crippen LogP contribution >= 0.6 is 11.8 Å². The second-order valence-corrected chi connectivity index (χ2v) is 6.77. The molecule has 0 saturated heterocycles. The highest BCUT2D eigenvalue weighted by Gasteiger charge is 2.06. The van der Waals surface area contributed by atoms with E-state index in [4.69, 9.17) is 0 Å². The first-order chi connectivity index (χ1) is 11.3. The van der Waals surface area contributed by atoms with Gasteiger partial charge in [-0.2, -0.15) is 5.10 Å². The van der Waals surface area contributed by atoms with Gasteiger partial charge in [0, 0.05) is 17.0 Å². The van der Waals surface area contributed by atoms with Gasteiger partial charge in [0.05, 0.1) is 12.0 Å². The molecule has 1 N–H and O–H groups in total. The smallest absolute Gasteiger partial charge is 0.250 e. The molecule has 1 aromatic carbocycles. The number of nitrogens with one attached hydrogen (secondary N) is 1. The highest BCUT2D eigenvalue weighted by molar-refractivity contribution is 7.99. The van der Waals surface area contributed by atoms with Gasteiger partial charge in [-0.25, -0.2) is 15.4 Å². The molecule has 0 fully saturated rings. The summed E-state index contributed by atoms with van der Waals surface area (Å²) in [6.07, 6.45) is 1.69. The van der Waals surface area contributed by atoms with Crippen LogP contribution in [0.15, 0.2) is 28.5 Å². The van der Waals surface area contributed by atoms with Gasteiger partial charge in [0.1, 0.15) is 0 Å². The lowest BCUT2D eigenvalue weighted by atomic mass is 10.0. The fraction of sp³-hybridized carbons (Fsp3) is 0.333. The lowest BCUT2D eigenvalue weighted by Crippen LogP contribution is -2.20. The van der Waals surface area contributed by atoms with Crippen molar-refractivity contribution >= 4 is 23.9 Å². The first-order valence-corrected chi connectivity index (χ1v) is 8.68. The zero-order chi connectivity index (χ0) is 17.7. The van der Waals surface area contributed by atoms with Crippen molar-refractivity contribution in [3.63, 3.8) is 0 Å². The standard InChI is InChI=1S/C18H22N4OS/c1-11-6-12(2)16(13(3)7-11)9-19-22-17(23)10-24-18-20-14(4)8-15(5)21-18/h6-9H,10H2,1-5H3,(H,22,23)/b19-9-. The van der Waals surface area contributed by atoms with Crippen molar-refractivity contribution in [1.82, 2.24) is 15.4 Å². The molecule has 0 atom stereocenters. The van der Waals surface area contributed by atoms with E-state index in [0.717, 1.165) is 28.1 Å². The van der Waals surface area contributed by atoms with E-state index in [2.05, 4.69) is 39.6 Å². The van der Waals surface area contributed by atoms with Gasteiger partial charge >= 0.3 is 0 Å². The van der Waals surface area contributed by atoms with Crippen molar-refractivity contribution in [2.24, 2.45) is 5.10 Å². The van der Waals surface area contributed by atoms with E-state index < -0.39 is 0 Å². The molecule has 6 heteroatoms. The molecule has 0 unspecified atom stereocenters. The molecule has 2 aromatic rings. The van der Waals surface area contributed by atoms with Gasteiger partial charge in [0.15, 0.2) is 5.16 Å². The maximum Gasteiger partial charge on any atom is 0.250 e. The molecule has 1 heterocycles. The van der Waals surface area contributed by atoms with Crippen LogP contribution in [-0.2, 0) is 4.79 Å². The third-order valence-electron chi connectivity index (χ3n) is 3.42. The molecular weight excluding hydrogens is 320 g/mol. The van der Waals surface area contributed by atoms with E-state index in [9.17, 15) is 4.79 Å². The van der Waals surface area contributed by atoms with E-state index >= 15 is 0 Å². The van der Waals surface area contributed by atoms with Crippen LogP contribution in [0, 0.1) is 34.6 Å². The normalized spacial score (nSPS) is 11.0. The van der Waals surface area contributed by atoms with Gasteiger partial charge in [-0.15, -0.1) is 0 Å². The summed E-state index contributed by atoms with van der Waals surface area (Å²) >= 11 is 1.30. The van der Waals surface area contributed by atoms with Crippen molar-refractivity contribution in [1.29, 1.82) is 0 Å². The highest BCUT2D eigenvalue weighted by atomic mass is 32.2. The number of thioether (sulfide) groups is 1. The lowest BCUT2D eigenvalue weighted by molar-refractivity contribution is -0.118. The molecule has 0 saturated carbocycles. The van der Waals surface area contributed by atoms with Gasteiger partial charge in [-0.3, -0.25) is 4.79 Å². The summed E-state index contributed by atoms with van der Waals surface area (Å²) in [5.41, 5.74) is 8.88. The van der Waals surface area contributed by atoms with E-state index in [0.29, 0.717) is 5.16 Å². The number of aryl methyl sites for hydroxylation is 5. The number of benzene rings is 1. The Morgan fingerprint density at radius 1 is 1.08 bits per heavy atom. The molecular formula is C18H22N4OS. The summed E-state index contributed by atoms with van der Waals surface area (Å²) in [5.74, 6) is 0.0490. The topological polar surface area (TPSA) is 67.2 Å². The first kappa shape index (κ1) is 18.1. The Bertz CT molecular complexity index is 743. The van der Waals surface area contributed by atoms with Crippen molar-refractivity contribution in [2.45, 2.75) is 39.8 Å². The molecule has 5 nitrogen and oxygen atoms in total. The van der Waals surface area contributed by atoms with Gasteiger partial charge in [0.2, 0.25) is 0 Å². The van der Waals surface area contributed by atoms with Gasteiger partial charge in [-0.05, 0) is 51.8 Å². The third kappa shape index (κ3) is 5.16. The largest absolute Gasteiger partial charge is 0.272 e. The number of carbonyl (C=O) groups excluding carboxylic acids is 1. The van der Waals surface area contributed by atoms with E-state index in [-0.39, 0.29) is 11.7 Å². The summed E-state index contributed by atoms with van der Waals surface area (Å²) in [7, 11) is 0. The van der Waals surface area contributed by atoms with Crippen LogP contribution < -0.4 is 5.43 Å². The molecule has 24 heavy (non-hydrogen) atoms. The lowest BCUT2D eigenvalue weighted by Gasteiger charge is -2.06. The van der Waals surface area contributed by atoms with E-state index in [1.807, 2.05) is 33.8 Å². The molecule has 0 aliphatic rings. The van der Waals surface area contributed by atoms with Crippen molar-refractivity contribution < 1.29 is 4.79 Å². The van der Waals surface area contributed by atoms with Gasteiger partial charge in [0.25, 0.3) is 5.91 Å². The summed E-state index contributed by atoms with van der Waals surface area (Å²) in [6, 6.07) is 6.10. The van der Waals surface area contributed by atoms with E-state index in [1.165, 1.54) is 17.3 Å². The van der Waals surface area contributed by atoms with Crippen LogP contribution in [0.1, 0.15) is 33.6 Å². The number of nitrogens with zero attached hydrogens (tertiary/aromatic N) is 3. The summed E-state index contributed by atoms with van der Waals surface area (Å²) < 4.78 is 0. The van der Waals surface area contributed by atoms with Crippen molar-refractivity contribution in [3.05, 3.63) is 51.8 Å². The average molecular weight is 342 g/mol. The Kier molecular flexibility index (Phi) is 6.09. The number of rotatable bonds is 5.